The van der Waals surface area contributed by atoms with Crippen molar-refractivity contribution in [2.75, 3.05) is 24.6 Å². The van der Waals surface area contributed by atoms with Gasteiger partial charge in [-0.1, -0.05) is 17.7 Å². The van der Waals surface area contributed by atoms with E-state index in [1.165, 1.54) is 12.1 Å². The highest BCUT2D eigenvalue weighted by Crippen LogP contribution is 2.41. The average Bonchev–Trinajstić information content (AvgIpc) is 2.87. The van der Waals surface area contributed by atoms with Crippen LogP contribution in [0.25, 0.3) is 0 Å². The van der Waals surface area contributed by atoms with Gasteiger partial charge in [-0.05, 0) is 76.2 Å². The number of carbonyl (C=O) groups excluding carboxylic acids is 1. The smallest absolute Gasteiger partial charge is 0.264 e. The van der Waals surface area contributed by atoms with Crippen LogP contribution >= 0.6 is 0 Å². The second-order valence-corrected chi connectivity index (χ2v) is 11.7. The lowest BCUT2D eigenvalue weighted by Gasteiger charge is -2.38. The van der Waals surface area contributed by atoms with Crippen molar-refractivity contribution in [2.24, 2.45) is 0 Å². The Morgan fingerprint density at radius 3 is 2.34 bits per heavy atom. The Hall–Kier alpha value is -3.72. The molecule has 1 N–H and O–H groups in total. The molecule has 1 unspecified atom stereocenters. The standard InChI is InChI=1S/C29H34N2O6S/c1-6-36-22-11-14-24(15-12-22)38(33,34)31(21-9-7-20(2)8-10-21)19-28(32)30-26-18-29(3,4)37-27-17-23(35-5)13-16-25(26)27/h7-17,26H,6,18-19H2,1-5H3,(H,30,32). The first-order valence-electron chi connectivity index (χ1n) is 12.5. The van der Waals surface area contributed by atoms with Gasteiger partial charge in [-0.25, -0.2) is 8.42 Å². The van der Waals surface area contributed by atoms with E-state index in [-0.39, 0.29) is 17.5 Å². The third kappa shape index (κ3) is 6.05. The number of anilines is 1. The number of hydrogen-bond acceptors (Lipinski definition) is 6. The van der Waals surface area contributed by atoms with Crippen molar-refractivity contribution in [1.29, 1.82) is 0 Å². The topological polar surface area (TPSA) is 94.2 Å². The van der Waals surface area contributed by atoms with Gasteiger partial charge in [-0.3, -0.25) is 9.10 Å². The molecule has 202 valence electrons. The summed E-state index contributed by atoms with van der Waals surface area (Å²) in [6.45, 7) is 7.76. The van der Waals surface area contributed by atoms with Gasteiger partial charge in [0.25, 0.3) is 10.0 Å². The van der Waals surface area contributed by atoms with Crippen LogP contribution in [0.3, 0.4) is 0 Å². The van der Waals surface area contributed by atoms with Gasteiger partial charge in [0.2, 0.25) is 5.91 Å². The molecule has 0 aromatic heterocycles. The third-order valence-electron chi connectivity index (χ3n) is 6.35. The number of rotatable bonds is 9. The van der Waals surface area contributed by atoms with E-state index in [4.69, 9.17) is 14.2 Å². The van der Waals surface area contributed by atoms with Crippen LogP contribution in [0, 0.1) is 6.92 Å². The fourth-order valence-electron chi connectivity index (χ4n) is 4.49. The Morgan fingerprint density at radius 1 is 1.05 bits per heavy atom. The van der Waals surface area contributed by atoms with E-state index in [9.17, 15) is 13.2 Å². The van der Waals surface area contributed by atoms with E-state index in [0.717, 1.165) is 15.4 Å². The Balaban J connectivity index is 1.63. The van der Waals surface area contributed by atoms with E-state index < -0.39 is 21.5 Å². The first kappa shape index (κ1) is 27.3. The summed E-state index contributed by atoms with van der Waals surface area (Å²) in [5.74, 6) is 1.43. The van der Waals surface area contributed by atoms with Crippen molar-refractivity contribution in [3.8, 4) is 17.2 Å². The molecule has 0 radical (unpaired) electrons. The molecule has 1 aliphatic rings. The summed E-state index contributed by atoms with van der Waals surface area (Å²) in [5, 5.41) is 3.04. The SMILES string of the molecule is CCOc1ccc(S(=O)(=O)N(CC(=O)NC2CC(C)(C)Oc3cc(OC)ccc32)c2ccc(C)cc2)cc1. The zero-order valence-corrected chi connectivity index (χ0v) is 23.2. The fraction of sp³-hybridized carbons (Fsp3) is 0.345. The lowest BCUT2D eigenvalue weighted by atomic mass is 9.89. The number of nitrogens with zero attached hydrogens (tertiary/aromatic N) is 1. The molecule has 1 heterocycles. The van der Waals surface area contributed by atoms with Gasteiger partial charge in [0.1, 0.15) is 29.4 Å². The highest BCUT2D eigenvalue weighted by atomic mass is 32.2. The van der Waals surface area contributed by atoms with Crippen LogP contribution in [-0.2, 0) is 14.8 Å². The predicted octanol–water partition coefficient (Wildman–Crippen LogP) is 5.02. The highest BCUT2D eigenvalue weighted by Gasteiger charge is 2.36. The van der Waals surface area contributed by atoms with E-state index in [1.807, 2.05) is 52.0 Å². The zero-order valence-electron chi connectivity index (χ0n) is 22.4. The molecule has 0 bridgehead atoms. The number of carbonyl (C=O) groups is 1. The second-order valence-electron chi connectivity index (χ2n) is 9.84. The molecule has 8 nitrogen and oxygen atoms in total. The van der Waals surface area contributed by atoms with E-state index in [1.54, 1.807) is 37.4 Å². The second kappa shape index (κ2) is 10.9. The van der Waals surface area contributed by atoms with Crippen LogP contribution in [0.2, 0.25) is 0 Å². The van der Waals surface area contributed by atoms with E-state index >= 15 is 0 Å². The summed E-state index contributed by atoms with van der Waals surface area (Å²) in [4.78, 5) is 13.5. The minimum absolute atomic E-state index is 0.0685. The number of amides is 1. The number of ether oxygens (including phenoxy) is 3. The van der Waals surface area contributed by atoms with Crippen molar-refractivity contribution in [3.05, 3.63) is 77.9 Å². The summed E-state index contributed by atoms with van der Waals surface area (Å²) >= 11 is 0. The Labute approximate surface area is 224 Å². The van der Waals surface area contributed by atoms with Crippen LogP contribution < -0.4 is 23.8 Å². The molecule has 3 aromatic rings. The van der Waals surface area contributed by atoms with E-state index in [2.05, 4.69) is 5.32 Å². The van der Waals surface area contributed by atoms with Crippen molar-refractivity contribution in [2.45, 2.75) is 50.7 Å². The van der Waals surface area contributed by atoms with Crippen LogP contribution in [-0.4, -0.2) is 40.2 Å². The third-order valence-corrected chi connectivity index (χ3v) is 8.13. The van der Waals surface area contributed by atoms with Gasteiger partial charge in [-0.15, -0.1) is 0 Å². The number of hydrogen-bond donors (Lipinski definition) is 1. The Kier molecular flexibility index (Phi) is 7.87. The Bertz CT molecular complexity index is 1390. The van der Waals surface area contributed by atoms with Crippen LogP contribution in [0.4, 0.5) is 5.69 Å². The number of sulfonamides is 1. The number of aryl methyl sites for hydroxylation is 1. The molecule has 0 spiro atoms. The number of nitrogens with one attached hydrogen (secondary N) is 1. The normalized spacial score (nSPS) is 16.1. The maximum Gasteiger partial charge on any atom is 0.264 e. The molecule has 0 fully saturated rings. The molecule has 1 atom stereocenters. The molecule has 0 saturated heterocycles. The molecular formula is C29H34N2O6S. The largest absolute Gasteiger partial charge is 0.497 e. The van der Waals surface area contributed by atoms with Crippen molar-refractivity contribution >= 4 is 21.6 Å². The van der Waals surface area contributed by atoms with Crippen LogP contribution in [0.1, 0.15) is 44.4 Å². The molecule has 0 aliphatic carbocycles. The maximum absolute atomic E-state index is 13.8. The summed E-state index contributed by atoms with van der Waals surface area (Å²) < 4.78 is 45.6. The van der Waals surface area contributed by atoms with Gasteiger partial charge in [-0.2, -0.15) is 0 Å². The fourth-order valence-corrected chi connectivity index (χ4v) is 5.91. The minimum Gasteiger partial charge on any atom is -0.497 e. The highest BCUT2D eigenvalue weighted by molar-refractivity contribution is 7.92. The van der Waals surface area contributed by atoms with Gasteiger partial charge >= 0.3 is 0 Å². The van der Waals surface area contributed by atoms with Crippen molar-refractivity contribution < 1.29 is 27.4 Å². The van der Waals surface area contributed by atoms with Crippen molar-refractivity contribution in [1.82, 2.24) is 5.32 Å². The molecule has 3 aromatic carbocycles. The Morgan fingerprint density at radius 2 is 1.71 bits per heavy atom. The number of fused-ring (bicyclic) bond motifs is 1. The quantitative estimate of drug-likeness (QED) is 0.411. The van der Waals surface area contributed by atoms with Gasteiger partial charge < -0.3 is 19.5 Å². The maximum atomic E-state index is 13.8. The first-order chi connectivity index (χ1) is 18.0. The summed E-state index contributed by atoms with van der Waals surface area (Å²) in [6, 6.07) is 18.4. The van der Waals surface area contributed by atoms with Crippen molar-refractivity contribution in [3.63, 3.8) is 0 Å². The van der Waals surface area contributed by atoms with Gasteiger partial charge in [0.15, 0.2) is 0 Å². The molecule has 38 heavy (non-hydrogen) atoms. The molecule has 9 heteroatoms. The summed E-state index contributed by atoms with van der Waals surface area (Å²) in [7, 11) is -2.47. The molecule has 0 saturated carbocycles. The predicted molar refractivity (Wildman–Crippen MR) is 147 cm³/mol. The zero-order chi connectivity index (χ0) is 27.5. The molecule has 1 aliphatic heterocycles. The summed E-state index contributed by atoms with van der Waals surface area (Å²) in [5.41, 5.74) is 1.66. The van der Waals surface area contributed by atoms with Gasteiger partial charge in [0.05, 0.1) is 30.3 Å². The van der Waals surface area contributed by atoms with Crippen LogP contribution in [0.5, 0.6) is 17.2 Å². The minimum atomic E-state index is -4.05. The lowest BCUT2D eigenvalue weighted by Crippen LogP contribution is -2.45. The average molecular weight is 539 g/mol. The van der Waals surface area contributed by atoms with E-state index in [0.29, 0.717) is 36.0 Å². The number of benzene rings is 3. The monoisotopic (exact) mass is 538 g/mol. The van der Waals surface area contributed by atoms with Crippen LogP contribution in [0.15, 0.2) is 71.6 Å². The lowest BCUT2D eigenvalue weighted by molar-refractivity contribution is -0.120. The van der Waals surface area contributed by atoms with Gasteiger partial charge in [0, 0.05) is 18.1 Å². The summed E-state index contributed by atoms with van der Waals surface area (Å²) in [6.07, 6.45) is 0.522. The first-order valence-corrected chi connectivity index (χ1v) is 13.9. The number of methoxy groups -OCH3 is 1. The molecular weight excluding hydrogens is 504 g/mol. The molecule has 4 rings (SSSR count). The molecule has 1 amide bonds.